The van der Waals surface area contributed by atoms with Crippen LogP contribution >= 0.6 is 11.6 Å². The molecular formula is C24H20ClF5N4O3. The molecule has 196 valence electrons. The highest BCUT2D eigenvalue weighted by atomic mass is 35.5. The zero-order chi connectivity index (χ0) is 27.2. The van der Waals surface area contributed by atoms with E-state index in [1.807, 2.05) is 0 Å². The number of nitrogens with one attached hydrogen (secondary N) is 1. The van der Waals surface area contributed by atoms with Crippen molar-refractivity contribution in [2.45, 2.75) is 30.9 Å². The Morgan fingerprint density at radius 3 is 2.32 bits per heavy atom. The van der Waals surface area contributed by atoms with Crippen molar-refractivity contribution >= 4 is 29.1 Å². The van der Waals surface area contributed by atoms with E-state index < -0.39 is 40.9 Å². The molecule has 0 saturated carbocycles. The van der Waals surface area contributed by atoms with Gasteiger partial charge < -0.3 is 10.1 Å². The Balaban J connectivity index is 2.00. The highest BCUT2D eigenvalue weighted by Crippen LogP contribution is 2.36. The first-order chi connectivity index (χ1) is 17.4. The molecule has 2 aromatic carbocycles. The van der Waals surface area contributed by atoms with E-state index in [4.69, 9.17) is 11.6 Å². The van der Waals surface area contributed by atoms with Crippen molar-refractivity contribution in [3.63, 3.8) is 0 Å². The molecule has 2 atom stereocenters. The Morgan fingerprint density at radius 1 is 1.11 bits per heavy atom. The fourth-order valence-corrected chi connectivity index (χ4v) is 3.70. The van der Waals surface area contributed by atoms with Gasteiger partial charge in [0.25, 0.3) is 17.4 Å². The number of aromatic nitrogens is 2. The fourth-order valence-electron chi connectivity index (χ4n) is 3.60. The number of hydrogen-bond donors (Lipinski definition) is 1. The number of amides is 2. The largest absolute Gasteiger partial charge is 0.573 e. The van der Waals surface area contributed by atoms with Crippen molar-refractivity contribution in [2.75, 3.05) is 11.4 Å². The minimum Gasteiger partial charge on any atom is -0.406 e. The minimum atomic E-state index is -4.96. The molecule has 0 saturated heterocycles. The lowest BCUT2D eigenvalue weighted by Crippen LogP contribution is -2.58. The molecule has 0 bridgehead atoms. The summed E-state index contributed by atoms with van der Waals surface area (Å²) in [6.07, 6.45) is -1.12. The Kier molecular flexibility index (Phi) is 8.64. The second-order valence-electron chi connectivity index (χ2n) is 7.85. The Labute approximate surface area is 213 Å². The molecule has 0 aliphatic heterocycles. The van der Waals surface area contributed by atoms with E-state index >= 15 is 0 Å². The van der Waals surface area contributed by atoms with Crippen LogP contribution in [0.25, 0.3) is 0 Å². The Hall–Kier alpha value is -3.80. The van der Waals surface area contributed by atoms with Crippen LogP contribution < -0.4 is 15.0 Å². The van der Waals surface area contributed by atoms with E-state index in [2.05, 4.69) is 20.0 Å². The molecule has 1 aromatic heterocycles. The summed E-state index contributed by atoms with van der Waals surface area (Å²) in [5, 5.41) is 2.63. The minimum absolute atomic E-state index is 0.00584. The first kappa shape index (κ1) is 27.8. The zero-order valence-corrected chi connectivity index (χ0v) is 19.9. The molecule has 1 heterocycles. The third-order valence-electron chi connectivity index (χ3n) is 5.34. The number of alkyl halides is 5. The summed E-state index contributed by atoms with van der Waals surface area (Å²) in [5.74, 6) is -3.23. The lowest BCUT2D eigenvalue weighted by Gasteiger charge is -2.40. The maximum Gasteiger partial charge on any atom is 0.573 e. The Morgan fingerprint density at radius 2 is 1.76 bits per heavy atom. The van der Waals surface area contributed by atoms with E-state index in [-0.39, 0.29) is 24.2 Å². The standard InChI is InChI=1S/C24H20ClF5N4O3/c1-23(16-12-31-14-32-13-16,22(36)33-10-9-15-3-2-4-17(26)11-15)34(21(35)20(25)27)18-5-7-19(8-6-18)37-24(28,29)30/h2-8,11-14,20H,9-10H2,1H3,(H,33,36)/t20-,23-/m0/s1. The number of halogens is 6. The van der Waals surface area contributed by atoms with Crippen LogP contribution in [0, 0.1) is 5.82 Å². The van der Waals surface area contributed by atoms with Gasteiger partial charge in [-0.25, -0.2) is 18.7 Å². The van der Waals surface area contributed by atoms with Crippen molar-refractivity contribution in [1.29, 1.82) is 0 Å². The van der Waals surface area contributed by atoms with Crippen LogP contribution in [0.5, 0.6) is 5.75 Å². The number of benzene rings is 2. The summed E-state index contributed by atoms with van der Waals surface area (Å²) in [7, 11) is 0. The third-order valence-corrected chi connectivity index (χ3v) is 5.52. The predicted molar refractivity (Wildman–Crippen MR) is 124 cm³/mol. The molecule has 37 heavy (non-hydrogen) atoms. The summed E-state index contributed by atoms with van der Waals surface area (Å²) in [6, 6.07) is 9.59. The molecule has 0 unspecified atom stereocenters. The first-order valence-electron chi connectivity index (χ1n) is 10.7. The number of nitrogens with zero attached hydrogens (tertiary/aromatic N) is 3. The van der Waals surface area contributed by atoms with E-state index in [1.165, 1.54) is 43.8 Å². The van der Waals surface area contributed by atoms with Crippen molar-refractivity contribution < 1.29 is 36.3 Å². The molecule has 3 rings (SSSR count). The number of ether oxygens (including phenoxy) is 1. The zero-order valence-electron chi connectivity index (χ0n) is 19.2. The highest BCUT2D eigenvalue weighted by Gasteiger charge is 2.47. The number of anilines is 1. The van der Waals surface area contributed by atoms with E-state index in [9.17, 15) is 31.5 Å². The van der Waals surface area contributed by atoms with Crippen molar-refractivity contribution in [2.24, 2.45) is 0 Å². The molecule has 13 heteroatoms. The van der Waals surface area contributed by atoms with Gasteiger partial charge in [-0.15, -0.1) is 13.2 Å². The summed E-state index contributed by atoms with van der Waals surface area (Å²) >= 11 is 5.46. The summed E-state index contributed by atoms with van der Waals surface area (Å²) in [5.41, 5.74) is -4.13. The SMILES string of the molecule is C[C@@](C(=O)NCCc1cccc(F)c1)(c1cncnc1)N(C(=O)[C@H](F)Cl)c1ccc(OC(F)(F)F)cc1. The van der Waals surface area contributed by atoms with Crippen LogP contribution in [0.1, 0.15) is 18.1 Å². The molecule has 0 aliphatic rings. The smallest absolute Gasteiger partial charge is 0.406 e. The summed E-state index contributed by atoms with van der Waals surface area (Å²) < 4.78 is 69.2. The second kappa shape index (κ2) is 11.5. The Bertz CT molecular complexity index is 1230. The molecule has 0 radical (unpaired) electrons. The summed E-state index contributed by atoms with van der Waals surface area (Å²) in [4.78, 5) is 34.9. The normalized spacial score (nSPS) is 13.8. The number of carbonyl (C=O) groups is 2. The topological polar surface area (TPSA) is 84.4 Å². The van der Waals surface area contributed by atoms with Crippen LogP contribution in [0.4, 0.5) is 27.6 Å². The van der Waals surface area contributed by atoms with Gasteiger partial charge in [0.2, 0.25) is 0 Å². The highest BCUT2D eigenvalue weighted by molar-refractivity contribution is 6.32. The number of carbonyl (C=O) groups excluding carboxylic acids is 2. The van der Waals surface area contributed by atoms with Gasteiger partial charge in [-0.05, 0) is 55.3 Å². The fraction of sp³-hybridized carbons (Fsp3) is 0.250. The molecule has 0 fully saturated rings. The average molecular weight is 543 g/mol. The summed E-state index contributed by atoms with van der Waals surface area (Å²) in [6.45, 7) is 1.28. The van der Waals surface area contributed by atoms with Crippen LogP contribution in [0.3, 0.4) is 0 Å². The van der Waals surface area contributed by atoms with Gasteiger partial charge >= 0.3 is 6.36 Å². The monoisotopic (exact) mass is 542 g/mol. The van der Waals surface area contributed by atoms with Gasteiger partial charge in [-0.1, -0.05) is 23.7 Å². The molecule has 0 spiro atoms. The average Bonchev–Trinajstić information content (AvgIpc) is 2.84. The third kappa shape index (κ3) is 6.91. The molecular weight excluding hydrogens is 523 g/mol. The molecule has 0 aliphatic carbocycles. The van der Waals surface area contributed by atoms with Crippen molar-refractivity contribution in [1.82, 2.24) is 15.3 Å². The van der Waals surface area contributed by atoms with Gasteiger partial charge in [0.15, 0.2) is 5.54 Å². The first-order valence-corrected chi connectivity index (χ1v) is 11.1. The maximum atomic E-state index is 14.2. The second-order valence-corrected chi connectivity index (χ2v) is 8.23. The lowest BCUT2D eigenvalue weighted by atomic mass is 9.89. The van der Waals surface area contributed by atoms with Crippen molar-refractivity contribution in [3.05, 3.63) is 84.2 Å². The van der Waals surface area contributed by atoms with Gasteiger partial charge in [-0.2, -0.15) is 0 Å². The number of hydrogen-bond acceptors (Lipinski definition) is 5. The van der Waals surface area contributed by atoms with Crippen LogP contribution in [-0.4, -0.2) is 40.3 Å². The molecule has 2 amide bonds. The maximum absolute atomic E-state index is 14.2. The molecule has 7 nitrogen and oxygen atoms in total. The van der Waals surface area contributed by atoms with Crippen LogP contribution in [0.15, 0.2) is 67.3 Å². The van der Waals surface area contributed by atoms with Gasteiger partial charge in [0.05, 0.1) is 0 Å². The van der Waals surface area contributed by atoms with Gasteiger partial charge in [0.1, 0.15) is 17.9 Å². The van der Waals surface area contributed by atoms with Crippen LogP contribution in [0.2, 0.25) is 0 Å². The quantitative estimate of drug-likeness (QED) is 0.314. The van der Waals surface area contributed by atoms with Gasteiger partial charge in [-0.3, -0.25) is 14.5 Å². The van der Waals surface area contributed by atoms with Crippen molar-refractivity contribution in [3.8, 4) is 5.75 Å². The molecule has 3 aromatic rings. The lowest BCUT2D eigenvalue weighted by molar-refractivity contribution is -0.274. The predicted octanol–water partition coefficient (Wildman–Crippen LogP) is 4.66. The van der Waals surface area contributed by atoms with E-state index in [1.54, 1.807) is 6.07 Å². The molecule has 1 N–H and O–H groups in total. The van der Waals surface area contributed by atoms with E-state index in [0.717, 1.165) is 24.3 Å². The number of rotatable bonds is 9. The van der Waals surface area contributed by atoms with E-state index in [0.29, 0.717) is 10.5 Å². The van der Waals surface area contributed by atoms with Crippen LogP contribution in [-0.2, 0) is 21.5 Å². The van der Waals surface area contributed by atoms with Gasteiger partial charge in [0, 0.05) is 30.2 Å².